The minimum Gasteiger partial charge on any atom is -0.490 e. The topological polar surface area (TPSA) is 81.8 Å². The van der Waals surface area contributed by atoms with Crippen molar-refractivity contribution in [2.45, 2.75) is 13.0 Å². The average molecular weight is 301 g/mol. The van der Waals surface area contributed by atoms with Gasteiger partial charge in [-0.3, -0.25) is 0 Å². The molecule has 116 valence electrons. The van der Waals surface area contributed by atoms with Gasteiger partial charge in [0.15, 0.2) is 0 Å². The van der Waals surface area contributed by atoms with Crippen LogP contribution in [0.3, 0.4) is 0 Å². The molecule has 22 heavy (non-hydrogen) atoms. The summed E-state index contributed by atoms with van der Waals surface area (Å²) in [6, 6.07) is 13.9. The van der Waals surface area contributed by atoms with E-state index in [0.29, 0.717) is 17.0 Å². The maximum absolute atomic E-state index is 11.8. The van der Waals surface area contributed by atoms with E-state index in [9.17, 15) is 9.90 Å². The Hall–Kier alpha value is -2.53. The fourth-order valence-electron chi connectivity index (χ4n) is 1.83. The summed E-state index contributed by atoms with van der Waals surface area (Å²) in [6.07, 6.45) is -0.891. The maximum atomic E-state index is 11.8. The van der Waals surface area contributed by atoms with Gasteiger partial charge in [-0.25, -0.2) is 4.79 Å². The normalized spacial score (nSPS) is 11.7. The highest BCUT2D eigenvalue weighted by molar-refractivity contribution is 5.89. The zero-order valence-corrected chi connectivity index (χ0v) is 12.4. The van der Waals surface area contributed by atoms with Gasteiger partial charge < -0.3 is 20.3 Å². The van der Waals surface area contributed by atoms with Crippen LogP contribution in [0.1, 0.15) is 15.9 Å². The quantitative estimate of drug-likeness (QED) is 0.631. The van der Waals surface area contributed by atoms with Gasteiger partial charge in [-0.15, -0.1) is 0 Å². The SMILES string of the molecule is Cc1ccccc1OC[C@@H](O)COC(=O)c1ccc(N)cc1. The Kier molecular flexibility index (Phi) is 5.38. The molecule has 0 heterocycles. The Morgan fingerprint density at radius 2 is 1.82 bits per heavy atom. The average Bonchev–Trinajstić information content (AvgIpc) is 2.52. The molecule has 0 fully saturated rings. The smallest absolute Gasteiger partial charge is 0.338 e. The zero-order chi connectivity index (χ0) is 15.9. The molecule has 2 aromatic rings. The molecule has 0 bridgehead atoms. The second-order valence-electron chi connectivity index (χ2n) is 4.95. The first kappa shape index (κ1) is 15.9. The van der Waals surface area contributed by atoms with E-state index in [1.54, 1.807) is 24.3 Å². The number of nitrogens with two attached hydrogens (primary N) is 1. The number of aliphatic hydroxyl groups is 1. The molecule has 0 saturated carbocycles. The number of hydrogen-bond acceptors (Lipinski definition) is 5. The molecule has 1 atom stereocenters. The Balaban J connectivity index is 1.78. The molecule has 0 amide bonds. The van der Waals surface area contributed by atoms with Crippen LogP contribution in [0.15, 0.2) is 48.5 Å². The third-order valence-corrected chi connectivity index (χ3v) is 3.08. The lowest BCUT2D eigenvalue weighted by Gasteiger charge is -2.14. The number of para-hydroxylation sites is 1. The van der Waals surface area contributed by atoms with Crippen molar-refractivity contribution in [1.82, 2.24) is 0 Å². The highest BCUT2D eigenvalue weighted by Crippen LogP contribution is 2.16. The number of carbonyl (C=O) groups excluding carboxylic acids is 1. The van der Waals surface area contributed by atoms with Crippen molar-refractivity contribution >= 4 is 11.7 Å². The monoisotopic (exact) mass is 301 g/mol. The Morgan fingerprint density at radius 1 is 1.14 bits per heavy atom. The van der Waals surface area contributed by atoms with E-state index in [-0.39, 0.29) is 13.2 Å². The van der Waals surface area contributed by atoms with Crippen molar-refractivity contribution in [2.24, 2.45) is 0 Å². The molecule has 0 spiro atoms. The summed E-state index contributed by atoms with van der Waals surface area (Å²) < 4.78 is 10.5. The van der Waals surface area contributed by atoms with Gasteiger partial charge in [-0.2, -0.15) is 0 Å². The summed E-state index contributed by atoms with van der Waals surface area (Å²) in [7, 11) is 0. The highest BCUT2D eigenvalue weighted by Gasteiger charge is 2.12. The fourth-order valence-corrected chi connectivity index (χ4v) is 1.83. The van der Waals surface area contributed by atoms with Crippen molar-refractivity contribution < 1.29 is 19.4 Å². The highest BCUT2D eigenvalue weighted by atomic mass is 16.5. The number of aryl methyl sites for hydroxylation is 1. The van der Waals surface area contributed by atoms with E-state index in [1.165, 1.54) is 0 Å². The summed E-state index contributed by atoms with van der Waals surface area (Å²) in [5.41, 5.74) is 7.49. The van der Waals surface area contributed by atoms with Crippen LogP contribution >= 0.6 is 0 Å². The maximum Gasteiger partial charge on any atom is 0.338 e. The Labute approximate surface area is 129 Å². The number of anilines is 1. The number of aliphatic hydroxyl groups excluding tert-OH is 1. The van der Waals surface area contributed by atoms with E-state index in [4.69, 9.17) is 15.2 Å². The standard InChI is InChI=1S/C17H19NO4/c1-12-4-2-3-5-16(12)21-10-15(19)11-22-17(20)13-6-8-14(18)9-7-13/h2-9,15,19H,10-11,18H2,1H3/t15-/m1/s1. The van der Waals surface area contributed by atoms with Crippen LogP contribution in [-0.4, -0.2) is 30.4 Å². The predicted octanol–water partition coefficient (Wildman–Crippen LogP) is 2.17. The summed E-state index contributed by atoms with van der Waals surface area (Å²) in [4.78, 5) is 11.8. The van der Waals surface area contributed by atoms with Crippen molar-refractivity contribution in [3.63, 3.8) is 0 Å². The van der Waals surface area contributed by atoms with Gasteiger partial charge in [0.2, 0.25) is 0 Å². The van der Waals surface area contributed by atoms with Crippen LogP contribution in [0.2, 0.25) is 0 Å². The number of ether oxygens (including phenoxy) is 2. The van der Waals surface area contributed by atoms with Crippen LogP contribution in [0, 0.1) is 6.92 Å². The third-order valence-electron chi connectivity index (χ3n) is 3.08. The first-order valence-corrected chi connectivity index (χ1v) is 6.95. The van der Waals surface area contributed by atoms with Crippen LogP contribution in [-0.2, 0) is 4.74 Å². The largest absolute Gasteiger partial charge is 0.490 e. The first-order chi connectivity index (χ1) is 10.6. The molecule has 2 aromatic carbocycles. The van der Waals surface area contributed by atoms with Gasteiger partial charge in [0.1, 0.15) is 25.1 Å². The molecule has 0 saturated heterocycles. The number of nitrogen functional groups attached to an aromatic ring is 1. The van der Waals surface area contributed by atoms with Gasteiger partial charge in [0, 0.05) is 5.69 Å². The summed E-state index contributed by atoms with van der Waals surface area (Å²) in [6.45, 7) is 1.85. The minimum atomic E-state index is -0.891. The molecule has 0 aliphatic heterocycles. The molecular weight excluding hydrogens is 282 g/mol. The molecule has 5 heteroatoms. The van der Waals surface area contributed by atoms with Crippen molar-refractivity contribution in [3.8, 4) is 5.75 Å². The van der Waals surface area contributed by atoms with E-state index >= 15 is 0 Å². The summed E-state index contributed by atoms with van der Waals surface area (Å²) >= 11 is 0. The molecule has 2 rings (SSSR count). The van der Waals surface area contributed by atoms with Gasteiger partial charge in [0.05, 0.1) is 5.56 Å². The Morgan fingerprint density at radius 3 is 2.50 bits per heavy atom. The lowest BCUT2D eigenvalue weighted by Crippen LogP contribution is -2.25. The van der Waals surface area contributed by atoms with Crippen molar-refractivity contribution in [2.75, 3.05) is 18.9 Å². The van der Waals surface area contributed by atoms with Gasteiger partial charge >= 0.3 is 5.97 Å². The molecule has 0 unspecified atom stereocenters. The number of hydrogen-bond donors (Lipinski definition) is 2. The van der Waals surface area contributed by atoms with Crippen LogP contribution < -0.4 is 10.5 Å². The van der Waals surface area contributed by atoms with E-state index in [1.807, 2.05) is 31.2 Å². The van der Waals surface area contributed by atoms with E-state index in [2.05, 4.69) is 0 Å². The first-order valence-electron chi connectivity index (χ1n) is 6.95. The molecular formula is C17H19NO4. The number of carbonyl (C=O) groups is 1. The van der Waals surface area contributed by atoms with Gasteiger partial charge in [-0.05, 0) is 42.8 Å². The number of esters is 1. The summed E-state index contributed by atoms with van der Waals surface area (Å²) in [5.74, 6) is 0.196. The van der Waals surface area contributed by atoms with E-state index in [0.717, 1.165) is 5.56 Å². The lowest BCUT2D eigenvalue weighted by atomic mass is 10.2. The zero-order valence-electron chi connectivity index (χ0n) is 12.4. The van der Waals surface area contributed by atoms with Crippen molar-refractivity contribution in [1.29, 1.82) is 0 Å². The van der Waals surface area contributed by atoms with Crippen LogP contribution in [0.4, 0.5) is 5.69 Å². The number of rotatable bonds is 6. The molecule has 3 N–H and O–H groups in total. The Bertz CT molecular complexity index is 625. The van der Waals surface area contributed by atoms with Gasteiger partial charge in [0.25, 0.3) is 0 Å². The van der Waals surface area contributed by atoms with E-state index < -0.39 is 12.1 Å². The fraction of sp³-hybridized carbons (Fsp3) is 0.235. The molecule has 5 nitrogen and oxygen atoms in total. The summed E-state index contributed by atoms with van der Waals surface area (Å²) in [5, 5.41) is 9.82. The third kappa shape index (κ3) is 4.49. The van der Waals surface area contributed by atoms with Crippen LogP contribution in [0.5, 0.6) is 5.75 Å². The molecule has 0 radical (unpaired) electrons. The molecule has 0 aromatic heterocycles. The van der Waals surface area contributed by atoms with Crippen LogP contribution in [0.25, 0.3) is 0 Å². The predicted molar refractivity (Wildman–Crippen MR) is 83.8 cm³/mol. The minimum absolute atomic E-state index is 0.0554. The lowest BCUT2D eigenvalue weighted by molar-refractivity contribution is 0.0129. The second-order valence-corrected chi connectivity index (χ2v) is 4.95. The van der Waals surface area contributed by atoms with Crippen molar-refractivity contribution in [3.05, 3.63) is 59.7 Å². The number of benzene rings is 2. The molecule has 0 aliphatic rings. The van der Waals surface area contributed by atoms with Gasteiger partial charge in [-0.1, -0.05) is 18.2 Å². The second kappa shape index (κ2) is 7.47. The molecule has 0 aliphatic carbocycles.